The minimum atomic E-state index is -4.59. The summed E-state index contributed by atoms with van der Waals surface area (Å²) in [5, 5.41) is 8.53. The van der Waals surface area contributed by atoms with Crippen LogP contribution in [-0.2, 0) is 22.4 Å². The molecule has 10 nitrogen and oxygen atoms in total. The number of benzene rings is 1. The summed E-state index contributed by atoms with van der Waals surface area (Å²) >= 11 is 0. The Morgan fingerprint density at radius 1 is 1.20 bits per heavy atom. The molecule has 5 N–H and O–H groups in total. The third-order valence-electron chi connectivity index (χ3n) is 3.48. The summed E-state index contributed by atoms with van der Waals surface area (Å²) in [6.45, 7) is -0.726. The smallest absolute Gasteiger partial charge is 0.356 e. The van der Waals surface area contributed by atoms with Crippen molar-refractivity contribution in [1.82, 2.24) is 9.13 Å². The molecule has 0 saturated heterocycles. The topological polar surface area (TPSA) is 165 Å². The lowest BCUT2D eigenvalue weighted by atomic mass is 10.2. The SMILES string of the molecule is N[C@@H](Cn1ccc(=O)n(Cc2ccccc2P(=O)(O)O)c1=O)C(=O)O. The van der Waals surface area contributed by atoms with Crippen LogP contribution in [0.5, 0.6) is 0 Å². The van der Waals surface area contributed by atoms with Crippen LogP contribution in [0.15, 0.2) is 46.1 Å². The second-order valence-electron chi connectivity index (χ2n) is 5.29. The highest BCUT2D eigenvalue weighted by molar-refractivity contribution is 7.60. The lowest BCUT2D eigenvalue weighted by Crippen LogP contribution is -2.44. The van der Waals surface area contributed by atoms with Crippen molar-refractivity contribution < 1.29 is 24.3 Å². The number of aliphatic carboxylic acids is 1. The first-order valence-electron chi connectivity index (χ1n) is 7.04. The van der Waals surface area contributed by atoms with E-state index in [4.69, 9.17) is 10.8 Å². The number of carbonyl (C=O) groups is 1. The van der Waals surface area contributed by atoms with Gasteiger partial charge in [0.05, 0.1) is 18.4 Å². The summed E-state index contributed by atoms with van der Waals surface area (Å²) in [7, 11) is -4.59. The van der Waals surface area contributed by atoms with Crippen molar-refractivity contribution >= 4 is 18.9 Å². The van der Waals surface area contributed by atoms with Gasteiger partial charge >= 0.3 is 19.3 Å². The monoisotopic (exact) mass is 369 g/mol. The molecular weight excluding hydrogens is 353 g/mol. The zero-order valence-corrected chi connectivity index (χ0v) is 13.7. The van der Waals surface area contributed by atoms with Crippen LogP contribution in [0.2, 0.25) is 0 Å². The number of hydrogen-bond acceptors (Lipinski definition) is 5. The maximum Gasteiger partial charge on any atom is 0.356 e. The molecule has 0 amide bonds. The Morgan fingerprint density at radius 2 is 1.84 bits per heavy atom. The molecule has 0 spiro atoms. The molecule has 0 unspecified atom stereocenters. The van der Waals surface area contributed by atoms with Crippen molar-refractivity contribution in [2.24, 2.45) is 5.73 Å². The van der Waals surface area contributed by atoms with Crippen molar-refractivity contribution in [1.29, 1.82) is 0 Å². The van der Waals surface area contributed by atoms with E-state index in [1.807, 2.05) is 0 Å². The molecular formula is C14H16N3O7P. The largest absolute Gasteiger partial charge is 0.480 e. The van der Waals surface area contributed by atoms with E-state index in [9.17, 15) is 28.7 Å². The normalized spacial score (nSPS) is 12.8. The van der Waals surface area contributed by atoms with Crippen LogP contribution >= 0.6 is 7.60 Å². The van der Waals surface area contributed by atoms with E-state index < -0.39 is 30.9 Å². The molecule has 1 heterocycles. The maximum absolute atomic E-state index is 12.4. The van der Waals surface area contributed by atoms with Crippen LogP contribution in [0.1, 0.15) is 5.56 Å². The molecule has 0 bridgehead atoms. The Kier molecular flexibility index (Phi) is 5.39. The van der Waals surface area contributed by atoms with Crippen molar-refractivity contribution in [3.05, 3.63) is 62.9 Å². The average Bonchev–Trinajstić information content (AvgIpc) is 2.53. The Hall–Kier alpha value is -2.52. The molecule has 11 heteroatoms. The molecule has 2 rings (SSSR count). The van der Waals surface area contributed by atoms with Gasteiger partial charge in [-0.05, 0) is 11.6 Å². The lowest BCUT2D eigenvalue weighted by molar-refractivity contribution is -0.138. The number of hydrogen-bond donors (Lipinski definition) is 4. The number of carboxylic acids is 1. The first kappa shape index (κ1) is 18.8. The summed E-state index contributed by atoms with van der Waals surface area (Å²) in [6, 6.07) is 5.25. The summed E-state index contributed by atoms with van der Waals surface area (Å²) < 4.78 is 13.3. The van der Waals surface area contributed by atoms with E-state index in [2.05, 4.69) is 0 Å². The van der Waals surface area contributed by atoms with Gasteiger partial charge in [0, 0.05) is 12.3 Å². The van der Waals surface area contributed by atoms with E-state index in [0.29, 0.717) is 0 Å². The Morgan fingerprint density at radius 3 is 2.44 bits per heavy atom. The standard InChI is InChI=1S/C14H16N3O7P/c15-10(13(19)20)8-16-6-5-12(18)17(14(16)21)7-9-3-1-2-4-11(9)25(22,23)24/h1-6,10H,7-8,15H2,(H,19,20)(H2,22,23,24)/t10-/m0/s1. The van der Waals surface area contributed by atoms with Gasteiger partial charge < -0.3 is 20.6 Å². The van der Waals surface area contributed by atoms with E-state index in [1.165, 1.54) is 24.3 Å². The number of nitrogens with two attached hydrogens (primary N) is 1. The summed E-state index contributed by atoms with van der Waals surface area (Å²) in [4.78, 5) is 54.0. The fourth-order valence-electron chi connectivity index (χ4n) is 2.23. The third-order valence-corrected chi connectivity index (χ3v) is 4.55. The molecule has 1 aromatic heterocycles. The van der Waals surface area contributed by atoms with Gasteiger partial charge in [-0.3, -0.25) is 23.3 Å². The van der Waals surface area contributed by atoms with Gasteiger partial charge in [0.1, 0.15) is 6.04 Å². The quantitative estimate of drug-likeness (QED) is 0.436. The molecule has 0 fully saturated rings. The first-order chi connectivity index (χ1) is 11.6. The van der Waals surface area contributed by atoms with Crippen molar-refractivity contribution in [2.75, 3.05) is 0 Å². The molecule has 0 aliphatic heterocycles. The Balaban J connectivity index is 2.48. The van der Waals surface area contributed by atoms with Crippen molar-refractivity contribution in [3.63, 3.8) is 0 Å². The number of carboxylic acid groups (broad SMARTS) is 1. The highest BCUT2D eigenvalue weighted by atomic mass is 31.2. The molecule has 25 heavy (non-hydrogen) atoms. The summed E-state index contributed by atoms with van der Waals surface area (Å²) in [5.74, 6) is -1.31. The number of aromatic nitrogens is 2. The minimum Gasteiger partial charge on any atom is -0.480 e. The second kappa shape index (κ2) is 7.16. The van der Waals surface area contributed by atoms with Gasteiger partial charge in [-0.15, -0.1) is 0 Å². The first-order valence-corrected chi connectivity index (χ1v) is 8.65. The van der Waals surface area contributed by atoms with Crippen LogP contribution in [-0.4, -0.2) is 36.0 Å². The molecule has 0 aliphatic rings. The van der Waals surface area contributed by atoms with Crippen LogP contribution < -0.4 is 22.3 Å². The Labute approximate surface area is 140 Å². The van der Waals surface area contributed by atoms with Gasteiger partial charge in [0.15, 0.2) is 0 Å². The van der Waals surface area contributed by atoms with Crippen LogP contribution in [0, 0.1) is 0 Å². The van der Waals surface area contributed by atoms with E-state index in [-0.39, 0.29) is 24.0 Å². The highest BCUT2D eigenvalue weighted by Gasteiger charge is 2.22. The predicted octanol–water partition coefficient (Wildman–Crippen LogP) is -1.73. The molecule has 0 aliphatic carbocycles. The molecule has 1 atom stereocenters. The molecule has 134 valence electrons. The average molecular weight is 369 g/mol. The van der Waals surface area contributed by atoms with Gasteiger partial charge in [-0.2, -0.15) is 0 Å². The number of nitrogens with zero attached hydrogens (tertiary/aromatic N) is 2. The van der Waals surface area contributed by atoms with E-state index in [0.717, 1.165) is 21.4 Å². The fourth-order valence-corrected chi connectivity index (χ4v) is 3.03. The van der Waals surface area contributed by atoms with Gasteiger partial charge in [0.2, 0.25) is 0 Å². The zero-order chi connectivity index (χ0) is 18.8. The summed E-state index contributed by atoms with van der Waals surface area (Å²) in [5.41, 5.74) is 3.98. The van der Waals surface area contributed by atoms with Crippen molar-refractivity contribution in [2.45, 2.75) is 19.1 Å². The van der Waals surface area contributed by atoms with Crippen LogP contribution in [0.3, 0.4) is 0 Å². The van der Waals surface area contributed by atoms with Gasteiger partial charge in [0.25, 0.3) is 5.56 Å². The minimum absolute atomic E-state index is 0.107. The molecule has 0 saturated carbocycles. The van der Waals surface area contributed by atoms with E-state index in [1.54, 1.807) is 0 Å². The molecule has 2 aromatic rings. The Bertz CT molecular complexity index is 959. The second-order valence-corrected chi connectivity index (χ2v) is 6.86. The highest BCUT2D eigenvalue weighted by Crippen LogP contribution is 2.34. The third kappa shape index (κ3) is 4.31. The molecule has 0 radical (unpaired) electrons. The van der Waals surface area contributed by atoms with Crippen molar-refractivity contribution in [3.8, 4) is 0 Å². The van der Waals surface area contributed by atoms with Crippen LogP contribution in [0.25, 0.3) is 0 Å². The lowest BCUT2D eigenvalue weighted by Gasteiger charge is -2.14. The summed E-state index contributed by atoms with van der Waals surface area (Å²) in [6.07, 6.45) is 1.12. The maximum atomic E-state index is 12.4. The molecule has 1 aromatic carbocycles. The van der Waals surface area contributed by atoms with E-state index >= 15 is 0 Å². The predicted molar refractivity (Wildman–Crippen MR) is 87.8 cm³/mol. The fraction of sp³-hybridized carbons (Fsp3) is 0.214. The van der Waals surface area contributed by atoms with Crippen LogP contribution in [0.4, 0.5) is 0 Å². The van der Waals surface area contributed by atoms with Gasteiger partial charge in [-0.25, -0.2) is 4.79 Å². The van der Waals surface area contributed by atoms with Gasteiger partial charge in [-0.1, -0.05) is 18.2 Å². The zero-order valence-electron chi connectivity index (χ0n) is 12.8. The number of rotatable bonds is 6.